The molecule has 0 aliphatic heterocycles. The Balaban J connectivity index is 2.09. The number of rotatable bonds is 9. The average Bonchev–Trinajstić information content (AvgIpc) is 2.82. The lowest BCUT2D eigenvalue weighted by Crippen LogP contribution is -2.35. The third kappa shape index (κ3) is 5.62. The molecule has 1 N–H and O–H groups in total. The predicted octanol–water partition coefficient (Wildman–Crippen LogP) is 5.84. The van der Waals surface area contributed by atoms with Crippen LogP contribution in [0.3, 0.4) is 0 Å². The van der Waals surface area contributed by atoms with Crippen molar-refractivity contribution in [1.29, 1.82) is 0 Å². The van der Waals surface area contributed by atoms with Gasteiger partial charge in [-0.1, -0.05) is 27.2 Å². The first-order chi connectivity index (χ1) is 16.1. The first kappa shape index (κ1) is 26.6. The van der Waals surface area contributed by atoms with Crippen LogP contribution in [-0.4, -0.2) is 39.5 Å². The molecule has 0 bridgehead atoms. The molecule has 2 aromatic carbocycles. The van der Waals surface area contributed by atoms with Gasteiger partial charge in [-0.15, -0.1) is 0 Å². The molecular formula is C27H40NO5P. The number of aliphatic hydroxyl groups is 1. The van der Waals surface area contributed by atoms with Gasteiger partial charge in [0.1, 0.15) is 11.5 Å². The van der Waals surface area contributed by atoms with E-state index in [1.165, 1.54) is 7.11 Å². The zero-order chi connectivity index (χ0) is 25.0. The Labute approximate surface area is 204 Å². The van der Waals surface area contributed by atoms with Gasteiger partial charge in [-0.25, -0.2) is 0 Å². The fourth-order valence-electron chi connectivity index (χ4n) is 4.87. The van der Waals surface area contributed by atoms with E-state index in [9.17, 15) is 9.67 Å². The van der Waals surface area contributed by atoms with Gasteiger partial charge in [-0.05, 0) is 67.0 Å². The monoisotopic (exact) mass is 489 g/mol. The van der Waals surface area contributed by atoms with Gasteiger partial charge in [-0.2, -0.15) is 0 Å². The molecule has 0 radical (unpaired) electrons. The summed E-state index contributed by atoms with van der Waals surface area (Å²) in [5, 5.41) is 12.2. The van der Waals surface area contributed by atoms with Crippen LogP contribution in [0.2, 0.25) is 0 Å². The summed E-state index contributed by atoms with van der Waals surface area (Å²) in [6.07, 6.45) is 2.81. The van der Waals surface area contributed by atoms with Crippen molar-refractivity contribution in [2.45, 2.75) is 52.0 Å². The molecule has 0 spiro atoms. The molecule has 188 valence electrons. The second-order valence-electron chi connectivity index (χ2n) is 9.96. The number of hydrogen-bond acceptors (Lipinski definition) is 6. The summed E-state index contributed by atoms with van der Waals surface area (Å²) in [4.78, 5) is 1.98. The Morgan fingerprint density at radius 3 is 2.26 bits per heavy atom. The predicted molar refractivity (Wildman–Crippen MR) is 139 cm³/mol. The van der Waals surface area contributed by atoms with Gasteiger partial charge in [0.05, 0.1) is 20.3 Å². The summed E-state index contributed by atoms with van der Waals surface area (Å²) in [7, 11) is 3.26. The lowest BCUT2D eigenvalue weighted by atomic mass is 9.75. The minimum atomic E-state index is -3.75. The largest absolute Gasteiger partial charge is 0.497 e. The third-order valence-electron chi connectivity index (χ3n) is 7.02. The summed E-state index contributed by atoms with van der Waals surface area (Å²) >= 11 is 0. The molecule has 0 saturated heterocycles. The fourth-order valence-corrected chi connectivity index (χ4v) is 7.18. The molecule has 7 heteroatoms. The molecular weight excluding hydrogens is 449 g/mol. The molecule has 3 rings (SSSR count). The van der Waals surface area contributed by atoms with Crippen molar-refractivity contribution >= 4 is 18.4 Å². The molecule has 1 saturated carbocycles. The lowest BCUT2D eigenvalue weighted by Gasteiger charge is -2.40. The van der Waals surface area contributed by atoms with Crippen molar-refractivity contribution in [2.75, 3.05) is 33.2 Å². The van der Waals surface area contributed by atoms with Crippen LogP contribution in [0, 0.1) is 17.8 Å². The van der Waals surface area contributed by atoms with E-state index in [0.717, 1.165) is 24.9 Å². The van der Waals surface area contributed by atoms with E-state index in [2.05, 4.69) is 20.8 Å². The van der Waals surface area contributed by atoms with Crippen LogP contribution in [0.1, 0.15) is 51.4 Å². The molecule has 6 nitrogen and oxygen atoms in total. The quantitative estimate of drug-likeness (QED) is 0.446. The van der Waals surface area contributed by atoms with Gasteiger partial charge in [0.25, 0.3) is 7.37 Å². The number of aliphatic hydroxyl groups excluding tert-OH is 1. The van der Waals surface area contributed by atoms with E-state index >= 15 is 0 Å². The Kier molecular flexibility index (Phi) is 8.72. The van der Waals surface area contributed by atoms with E-state index in [4.69, 9.17) is 14.0 Å². The Morgan fingerprint density at radius 2 is 1.71 bits per heavy atom. The second kappa shape index (κ2) is 11.2. The summed E-state index contributed by atoms with van der Waals surface area (Å²) in [6, 6.07) is 12.6. The Bertz CT molecular complexity index is 991. The fraction of sp³-hybridized carbons (Fsp3) is 0.556. The van der Waals surface area contributed by atoms with Crippen molar-refractivity contribution in [3.05, 3.63) is 48.0 Å². The second-order valence-corrected chi connectivity index (χ2v) is 12.4. The van der Waals surface area contributed by atoms with Crippen LogP contribution >= 0.6 is 7.37 Å². The van der Waals surface area contributed by atoms with Crippen molar-refractivity contribution in [3.63, 3.8) is 0 Å². The minimum Gasteiger partial charge on any atom is -0.497 e. The maximum atomic E-state index is 14.8. The van der Waals surface area contributed by atoms with E-state index in [1.807, 2.05) is 43.3 Å². The van der Waals surface area contributed by atoms with Crippen LogP contribution < -0.4 is 19.7 Å². The number of anilines is 1. The molecule has 1 aliphatic rings. The van der Waals surface area contributed by atoms with Crippen LogP contribution in [0.5, 0.6) is 11.5 Å². The first-order valence-electron chi connectivity index (χ1n) is 12.1. The summed E-state index contributed by atoms with van der Waals surface area (Å²) in [5.41, 5.74) is 1.41. The zero-order valence-electron chi connectivity index (χ0n) is 21.5. The average molecular weight is 490 g/mol. The normalized spacial score (nSPS) is 23.3. The Morgan fingerprint density at radius 1 is 1.03 bits per heavy atom. The van der Waals surface area contributed by atoms with Crippen LogP contribution in [-0.2, 0) is 9.09 Å². The lowest BCUT2D eigenvalue weighted by molar-refractivity contribution is 0.0425. The van der Waals surface area contributed by atoms with E-state index in [-0.39, 0.29) is 12.0 Å². The van der Waals surface area contributed by atoms with Gasteiger partial charge < -0.3 is 24.0 Å². The van der Waals surface area contributed by atoms with E-state index < -0.39 is 13.2 Å². The summed E-state index contributed by atoms with van der Waals surface area (Å²) < 4.78 is 32.2. The highest BCUT2D eigenvalue weighted by Gasteiger charge is 2.43. The highest BCUT2D eigenvalue weighted by molar-refractivity contribution is 7.67. The number of ether oxygens (including phenoxy) is 2. The first-order valence-corrected chi connectivity index (χ1v) is 13.8. The highest BCUT2D eigenvalue weighted by Crippen LogP contribution is 2.61. The van der Waals surface area contributed by atoms with Crippen LogP contribution in [0.15, 0.2) is 42.5 Å². The number of hydrogen-bond donors (Lipinski definition) is 1. The van der Waals surface area contributed by atoms with Gasteiger partial charge in [0.15, 0.2) is 5.85 Å². The van der Waals surface area contributed by atoms with Crippen molar-refractivity contribution in [2.24, 2.45) is 17.8 Å². The maximum Gasteiger partial charge on any atom is 0.264 e. The van der Waals surface area contributed by atoms with Gasteiger partial charge in [0.2, 0.25) is 0 Å². The van der Waals surface area contributed by atoms with Crippen LogP contribution in [0.25, 0.3) is 0 Å². The molecule has 5 atom stereocenters. The molecule has 2 aromatic rings. The molecule has 1 aliphatic carbocycles. The Hall–Kier alpha value is -2.01. The summed E-state index contributed by atoms with van der Waals surface area (Å²) in [6.45, 7) is 6.60. The van der Waals surface area contributed by atoms with Gasteiger partial charge in [0, 0.05) is 36.7 Å². The van der Waals surface area contributed by atoms with Gasteiger partial charge in [-0.3, -0.25) is 4.57 Å². The summed E-state index contributed by atoms with van der Waals surface area (Å²) in [5.74, 6) is 0.809. The number of methoxy groups -OCH3 is 2. The third-order valence-corrected chi connectivity index (χ3v) is 9.54. The molecule has 0 heterocycles. The smallest absolute Gasteiger partial charge is 0.264 e. The standard InChI is InChI=1S/C27H40NO5P/c1-18(2)23-14-8-19(3)16-26(23)33-34(30,22-12-9-20(10-13-22)28(4)5)27(29)24-15-11-21(31-6)17-25(24)32-7/h9-13,15,17-19,23,26-27,29H,8,14,16H2,1-7H3/t19-,23-,26+,27-,34-/m0/s1. The molecule has 34 heavy (non-hydrogen) atoms. The van der Waals surface area contributed by atoms with Crippen molar-refractivity contribution in [3.8, 4) is 11.5 Å². The molecule has 0 unspecified atom stereocenters. The minimum absolute atomic E-state index is 0.193. The molecule has 1 fully saturated rings. The maximum absolute atomic E-state index is 14.8. The number of nitrogens with zero attached hydrogens (tertiary/aromatic N) is 1. The van der Waals surface area contributed by atoms with E-state index in [0.29, 0.717) is 34.2 Å². The number of benzene rings is 2. The molecule has 0 aromatic heterocycles. The van der Waals surface area contributed by atoms with Crippen molar-refractivity contribution in [1.82, 2.24) is 0 Å². The van der Waals surface area contributed by atoms with E-state index in [1.54, 1.807) is 25.3 Å². The van der Waals surface area contributed by atoms with Gasteiger partial charge >= 0.3 is 0 Å². The van der Waals surface area contributed by atoms with Crippen LogP contribution in [0.4, 0.5) is 5.69 Å². The van der Waals surface area contributed by atoms with Crippen molar-refractivity contribution < 1.29 is 23.7 Å². The SMILES string of the molecule is COc1ccc([C@@H](O)[P@@](=O)(O[C@@H]2C[C@@H](C)CC[C@H]2C(C)C)c2ccc(N(C)C)cc2)c(OC)c1. The topological polar surface area (TPSA) is 68.2 Å². The zero-order valence-corrected chi connectivity index (χ0v) is 22.4. The molecule has 0 amide bonds. The highest BCUT2D eigenvalue weighted by atomic mass is 31.2.